The van der Waals surface area contributed by atoms with Crippen LogP contribution in [0.4, 0.5) is 0 Å². The number of thiophene rings is 1. The van der Waals surface area contributed by atoms with Crippen molar-refractivity contribution in [1.82, 2.24) is 19.9 Å². The van der Waals surface area contributed by atoms with Gasteiger partial charge in [0.05, 0.1) is 30.6 Å². The number of benzene rings is 1. The van der Waals surface area contributed by atoms with Crippen molar-refractivity contribution in [2.24, 2.45) is 5.41 Å². The molecule has 35 heavy (non-hydrogen) atoms. The normalized spacial score (nSPS) is 14.7. The highest BCUT2D eigenvalue weighted by Gasteiger charge is 2.36. The third-order valence-corrected chi connectivity index (χ3v) is 7.56. The summed E-state index contributed by atoms with van der Waals surface area (Å²) in [5, 5.41) is 3.48. The van der Waals surface area contributed by atoms with Gasteiger partial charge < -0.3 is 14.8 Å². The van der Waals surface area contributed by atoms with E-state index in [0.717, 1.165) is 36.7 Å². The van der Waals surface area contributed by atoms with E-state index in [9.17, 15) is 4.79 Å². The van der Waals surface area contributed by atoms with Crippen LogP contribution in [0.1, 0.15) is 25.3 Å². The van der Waals surface area contributed by atoms with Crippen molar-refractivity contribution in [2.75, 3.05) is 32.9 Å². The smallest absolute Gasteiger partial charge is 0.275 e. The van der Waals surface area contributed by atoms with Gasteiger partial charge in [-0.3, -0.25) is 9.36 Å². The first-order valence-electron chi connectivity index (χ1n) is 12.0. The molecular weight excluding hydrogens is 460 g/mol. The summed E-state index contributed by atoms with van der Waals surface area (Å²) in [5.74, 6) is 0.533. The van der Waals surface area contributed by atoms with Crippen LogP contribution in [0, 0.1) is 12.3 Å². The van der Waals surface area contributed by atoms with Crippen molar-refractivity contribution >= 4 is 21.6 Å². The van der Waals surface area contributed by atoms with Crippen LogP contribution in [0.2, 0.25) is 0 Å². The van der Waals surface area contributed by atoms with Gasteiger partial charge in [-0.1, -0.05) is 43.2 Å². The van der Waals surface area contributed by atoms with Crippen molar-refractivity contribution in [1.29, 1.82) is 0 Å². The fourth-order valence-electron chi connectivity index (χ4n) is 4.39. The van der Waals surface area contributed by atoms with Gasteiger partial charge in [0.25, 0.3) is 5.56 Å². The van der Waals surface area contributed by atoms with Gasteiger partial charge in [0.15, 0.2) is 0 Å². The Morgan fingerprint density at radius 3 is 2.69 bits per heavy atom. The second-order valence-corrected chi connectivity index (χ2v) is 10.3. The molecule has 1 saturated heterocycles. The van der Waals surface area contributed by atoms with Gasteiger partial charge in [-0.25, -0.2) is 9.97 Å². The van der Waals surface area contributed by atoms with E-state index in [1.165, 1.54) is 34.3 Å². The first-order chi connectivity index (χ1) is 17.1. The van der Waals surface area contributed by atoms with Crippen LogP contribution in [-0.4, -0.2) is 47.4 Å². The highest BCUT2D eigenvalue weighted by atomic mass is 32.1. The van der Waals surface area contributed by atoms with Crippen LogP contribution < -0.4 is 15.6 Å². The van der Waals surface area contributed by atoms with E-state index < -0.39 is 0 Å². The van der Waals surface area contributed by atoms with Crippen molar-refractivity contribution in [2.45, 2.75) is 26.7 Å². The molecule has 5 rings (SSSR count). The number of fused-ring (bicyclic) bond motifs is 1. The topological polar surface area (TPSA) is 78.3 Å². The fourth-order valence-corrected chi connectivity index (χ4v) is 5.44. The van der Waals surface area contributed by atoms with Gasteiger partial charge in [-0.2, -0.15) is 0 Å². The lowest BCUT2D eigenvalue weighted by Crippen LogP contribution is -2.50. The Bertz CT molecular complexity index is 1340. The predicted octanol–water partition coefficient (Wildman–Crippen LogP) is 4.60. The molecule has 1 fully saturated rings. The van der Waals surface area contributed by atoms with Gasteiger partial charge in [-0.05, 0) is 31.0 Å². The molecule has 0 atom stereocenters. The molecule has 0 amide bonds. The minimum Gasteiger partial charge on any atom is -0.476 e. The van der Waals surface area contributed by atoms with Crippen molar-refractivity contribution in [3.63, 3.8) is 0 Å². The molecule has 182 valence electrons. The second kappa shape index (κ2) is 10.3. The number of aryl methyl sites for hydroxylation is 1. The number of nitrogens with zero attached hydrogens (tertiary/aromatic N) is 3. The van der Waals surface area contributed by atoms with Crippen LogP contribution >= 0.6 is 11.3 Å². The molecular formula is C27H30N4O3S. The van der Waals surface area contributed by atoms with Crippen LogP contribution in [0.5, 0.6) is 5.88 Å². The van der Waals surface area contributed by atoms with E-state index in [1.807, 2.05) is 12.1 Å². The number of hydrogen-bond donors (Lipinski definition) is 1. The molecule has 1 aliphatic heterocycles. The molecule has 0 spiro atoms. The number of nitrogens with one attached hydrogen (secondary N) is 1. The molecule has 4 aromatic rings. The third kappa shape index (κ3) is 5.15. The molecule has 0 bridgehead atoms. The van der Waals surface area contributed by atoms with Gasteiger partial charge in [0.1, 0.15) is 17.6 Å². The Morgan fingerprint density at radius 2 is 2.00 bits per heavy atom. The lowest BCUT2D eigenvalue weighted by atomic mass is 9.81. The summed E-state index contributed by atoms with van der Waals surface area (Å²) in [6, 6.07) is 13.9. The summed E-state index contributed by atoms with van der Waals surface area (Å²) in [4.78, 5) is 23.1. The Kier molecular flexibility index (Phi) is 6.95. The van der Waals surface area contributed by atoms with E-state index in [-0.39, 0.29) is 5.56 Å². The molecule has 1 aliphatic rings. The molecule has 7 nitrogen and oxygen atoms in total. The summed E-state index contributed by atoms with van der Waals surface area (Å²) in [6.07, 6.45) is 5.56. The summed E-state index contributed by atoms with van der Waals surface area (Å²) in [6.45, 7) is 8.18. The number of aromatic nitrogens is 3. The maximum atomic E-state index is 13.2. The van der Waals surface area contributed by atoms with E-state index in [4.69, 9.17) is 9.47 Å². The zero-order valence-electron chi connectivity index (χ0n) is 20.1. The predicted molar refractivity (Wildman–Crippen MR) is 140 cm³/mol. The van der Waals surface area contributed by atoms with E-state index >= 15 is 0 Å². The first kappa shape index (κ1) is 23.7. The fraction of sp³-hybridized carbons (Fsp3) is 0.370. The summed E-state index contributed by atoms with van der Waals surface area (Å²) >= 11 is 1.47. The van der Waals surface area contributed by atoms with Crippen molar-refractivity contribution in [3.05, 3.63) is 70.9 Å². The molecule has 0 saturated carbocycles. The van der Waals surface area contributed by atoms with Crippen molar-refractivity contribution in [3.8, 4) is 22.0 Å². The van der Waals surface area contributed by atoms with Crippen LogP contribution in [0.15, 0.2) is 59.8 Å². The number of rotatable bonds is 10. The zero-order valence-corrected chi connectivity index (χ0v) is 20.9. The number of hydrogen-bond acceptors (Lipinski definition) is 7. The largest absolute Gasteiger partial charge is 0.476 e. The summed E-state index contributed by atoms with van der Waals surface area (Å²) in [5.41, 5.74) is 3.85. The van der Waals surface area contributed by atoms with Crippen LogP contribution in [0.25, 0.3) is 26.3 Å². The Labute approximate surface area is 208 Å². The van der Waals surface area contributed by atoms with Gasteiger partial charge in [0.2, 0.25) is 5.88 Å². The summed E-state index contributed by atoms with van der Waals surface area (Å²) < 4.78 is 13.4. The van der Waals surface area contributed by atoms with E-state index in [2.05, 4.69) is 53.4 Å². The average molecular weight is 491 g/mol. The van der Waals surface area contributed by atoms with Gasteiger partial charge >= 0.3 is 0 Å². The molecule has 1 aromatic carbocycles. The van der Waals surface area contributed by atoms with Gasteiger partial charge in [-0.15, -0.1) is 11.3 Å². The minimum atomic E-state index is -0.0981. The van der Waals surface area contributed by atoms with Crippen LogP contribution in [0.3, 0.4) is 0 Å². The quantitative estimate of drug-likeness (QED) is 0.327. The van der Waals surface area contributed by atoms with E-state index in [0.29, 0.717) is 33.8 Å². The second-order valence-electron chi connectivity index (χ2n) is 9.23. The summed E-state index contributed by atoms with van der Waals surface area (Å²) in [7, 11) is 0. The maximum absolute atomic E-state index is 13.2. The first-order valence-corrected chi connectivity index (χ1v) is 12.8. The lowest BCUT2D eigenvalue weighted by molar-refractivity contribution is -0.115. The molecule has 0 aliphatic carbocycles. The number of ether oxygens (including phenoxy) is 2. The molecule has 8 heteroatoms. The molecule has 0 unspecified atom stereocenters. The van der Waals surface area contributed by atoms with E-state index in [1.54, 1.807) is 18.6 Å². The minimum absolute atomic E-state index is 0.0981. The maximum Gasteiger partial charge on any atom is 0.275 e. The van der Waals surface area contributed by atoms with Crippen molar-refractivity contribution < 1.29 is 9.47 Å². The third-order valence-electron chi connectivity index (χ3n) is 6.40. The zero-order chi connectivity index (χ0) is 24.3. The molecule has 4 heterocycles. The van der Waals surface area contributed by atoms with Crippen LogP contribution in [-0.2, 0) is 4.74 Å². The number of pyridine rings is 1. The molecule has 0 radical (unpaired) electrons. The Morgan fingerprint density at radius 1 is 1.17 bits per heavy atom. The highest BCUT2D eigenvalue weighted by molar-refractivity contribution is 7.22. The Balaban J connectivity index is 1.22. The molecule has 1 N–H and O–H groups in total. The average Bonchev–Trinajstić information content (AvgIpc) is 3.29. The highest BCUT2D eigenvalue weighted by Crippen LogP contribution is 2.32. The monoisotopic (exact) mass is 490 g/mol. The molecule has 3 aromatic heterocycles. The van der Waals surface area contributed by atoms with Gasteiger partial charge in [0, 0.05) is 29.4 Å². The Hall–Kier alpha value is -3.07. The standard InChI is InChI=1S/C27H30N4O3S/c1-3-10-27(16-33-17-27)15-28-11-12-34-24-9-8-21(14-29-24)31-18-30-22-13-23(35-25(22)26(31)32)20-6-4-19(2)5-7-20/h4-9,13-14,18,28H,3,10-12,15-17H2,1-2H3. The SMILES string of the molecule is CCCC1(CNCCOc2ccc(-n3cnc4cc(-c5ccc(C)cc5)sc4c3=O)cn2)COC1. The lowest BCUT2D eigenvalue weighted by Gasteiger charge is -2.41.